The quantitative estimate of drug-likeness (QED) is 0.247. The van der Waals surface area contributed by atoms with Crippen molar-refractivity contribution in [3.8, 4) is 11.3 Å². The number of carbonyl (C=O) groups excluding carboxylic acids is 1. The number of aryl methyl sites for hydroxylation is 1. The summed E-state index contributed by atoms with van der Waals surface area (Å²) in [7, 11) is 0. The van der Waals surface area contributed by atoms with E-state index in [9.17, 15) is 22.8 Å². The minimum Gasteiger partial charge on any atom is -0.481 e. The first kappa shape index (κ1) is 27.3. The van der Waals surface area contributed by atoms with Crippen molar-refractivity contribution in [1.29, 1.82) is 0 Å². The molecular weight excluding hydrogens is 519 g/mol. The summed E-state index contributed by atoms with van der Waals surface area (Å²) < 4.78 is 39.3. The van der Waals surface area contributed by atoms with Crippen molar-refractivity contribution in [1.82, 2.24) is 14.9 Å². The van der Waals surface area contributed by atoms with Gasteiger partial charge in [0.2, 0.25) is 0 Å². The van der Waals surface area contributed by atoms with E-state index in [1.54, 1.807) is 18.2 Å². The van der Waals surface area contributed by atoms with Crippen LogP contribution in [0.1, 0.15) is 58.8 Å². The number of hydrogen-bond acceptors (Lipinski definition) is 4. The molecule has 2 heterocycles. The zero-order chi connectivity index (χ0) is 28.3. The largest absolute Gasteiger partial charge is 0.481 e. The Labute approximate surface area is 229 Å². The second-order valence-electron chi connectivity index (χ2n) is 10.0. The number of likely N-dealkylation sites (tertiary alicyclic amines) is 1. The maximum atomic E-state index is 13.4. The number of fused-ring (bicyclic) bond motifs is 1. The zero-order valence-corrected chi connectivity index (χ0v) is 21.7. The van der Waals surface area contributed by atoms with E-state index >= 15 is 0 Å². The molecule has 0 aliphatic carbocycles. The first-order valence-electron chi connectivity index (χ1n) is 13.2. The van der Waals surface area contributed by atoms with Crippen LogP contribution in [0.3, 0.4) is 0 Å². The number of alkyl halides is 3. The van der Waals surface area contributed by atoms with Gasteiger partial charge in [0, 0.05) is 36.6 Å². The number of aliphatic carboxylic acids is 1. The number of benzene rings is 3. The molecule has 1 aromatic heterocycles. The van der Waals surface area contributed by atoms with Gasteiger partial charge in [-0.2, -0.15) is 13.2 Å². The Morgan fingerprint density at radius 1 is 0.925 bits per heavy atom. The van der Waals surface area contributed by atoms with Gasteiger partial charge in [-0.1, -0.05) is 42.5 Å². The molecule has 206 valence electrons. The van der Waals surface area contributed by atoms with Crippen molar-refractivity contribution in [3.63, 3.8) is 0 Å². The Balaban J connectivity index is 1.43. The average molecular weight is 548 g/mol. The maximum Gasteiger partial charge on any atom is 0.416 e. The molecule has 1 N–H and O–H groups in total. The van der Waals surface area contributed by atoms with Crippen molar-refractivity contribution >= 4 is 22.9 Å². The first-order valence-corrected chi connectivity index (χ1v) is 13.2. The molecule has 1 fully saturated rings. The van der Waals surface area contributed by atoms with E-state index in [2.05, 4.69) is 12.1 Å². The first-order chi connectivity index (χ1) is 19.2. The van der Waals surface area contributed by atoms with Gasteiger partial charge >= 0.3 is 12.1 Å². The van der Waals surface area contributed by atoms with Gasteiger partial charge < -0.3 is 10.0 Å². The lowest BCUT2D eigenvalue weighted by Gasteiger charge is -2.17. The fourth-order valence-electron chi connectivity index (χ4n) is 5.14. The van der Waals surface area contributed by atoms with Gasteiger partial charge in [0.25, 0.3) is 5.91 Å². The Hall–Kier alpha value is -4.27. The van der Waals surface area contributed by atoms with Crippen molar-refractivity contribution in [2.75, 3.05) is 13.1 Å². The highest BCUT2D eigenvalue weighted by molar-refractivity contribution is 5.97. The molecule has 5 rings (SSSR count). The molecule has 40 heavy (non-hydrogen) atoms. The normalized spacial score (nSPS) is 15.5. The fraction of sp³-hybridized carbons (Fsp3) is 0.290. The number of hydrogen-bond donors (Lipinski definition) is 1. The van der Waals surface area contributed by atoms with Crippen molar-refractivity contribution < 1.29 is 27.9 Å². The highest BCUT2D eigenvalue weighted by Gasteiger charge is 2.30. The van der Waals surface area contributed by atoms with E-state index < -0.39 is 17.7 Å². The van der Waals surface area contributed by atoms with Crippen LogP contribution in [-0.2, 0) is 17.4 Å². The molecule has 0 bridgehead atoms. The van der Waals surface area contributed by atoms with Crippen LogP contribution in [-0.4, -0.2) is 44.9 Å². The Morgan fingerprint density at radius 3 is 2.38 bits per heavy atom. The van der Waals surface area contributed by atoms with Gasteiger partial charge in [-0.3, -0.25) is 9.59 Å². The van der Waals surface area contributed by atoms with Gasteiger partial charge in [-0.25, -0.2) is 9.97 Å². The number of nitrogens with zero attached hydrogens (tertiary/aromatic N) is 3. The molecule has 1 saturated heterocycles. The molecule has 0 spiro atoms. The molecule has 0 saturated carbocycles. The van der Waals surface area contributed by atoms with E-state index in [0.29, 0.717) is 65.9 Å². The lowest BCUT2D eigenvalue weighted by molar-refractivity contribution is -0.138. The average Bonchev–Trinajstić information content (AvgIpc) is 3.45. The SMILES string of the molecule is O=C(O)CCCCc1nc2cc(C(=O)N3CCC(c4ccccc4)C3)ccc2nc1-c1ccc(C(F)(F)F)cc1. The molecule has 0 radical (unpaired) electrons. The van der Waals surface area contributed by atoms with E-state index in [4.69, 9.17) is 15.1 Å². The predicted molar refractivity (Wildman–Crippen MR) is 145 cm³/mol. The second-order valence-corrected chi connectivity index (χ2v) is 10.0. The Bertz CT molecular complexity index is 1520. The molecule has 1 unspecified atom stereocenters. The third kappa shape index (κ3) is 6.14. The third-order valence-corrected chi connectivity index (χ3v) is 7.27. The molecule has 4 aromatic rings. The lowest BCUT2D eigenvalue weighted by atomic mass is 9.99. The van der Waals surface area contributed by atoms with E-state index in [0.717, 1.165) is 18.6 Å². The maximum absolute atomic E-state index is 13.4. The van der Waals surface area contributed by atoms with Crippen LogP contribution in [0.4, 0.5) is 13.2 Å². The molecule has 3 aromatic carbocycles. The minimum atomic E-state index is -4.45. The predicted octanol–water partition coefficient (Wildman–Crippen LogP) is 6.74. The number of carboxylic acid groups (broad SMARTS) is 1. The zero-order valence-electron chi connectivity index (χ0n) is 21.7. The third-order valence-electron chi connectivity index (χ3n) is 7.27. The van der Waals surface area contributed by atoms with Crippen LogP contribution < -0.4 is 0 Å². The van der Waals surface area contributed by atoms with Crippen LogP contribution in [0.2, 0.25) is 0 Å². The summed E-state index contributed by atoms with van der Waals surface area (Å²) in [6.45, 7) is 1.29. The molecule has 9 heteroatoms. The van der Waals surface area contributed by atoms with Crippen LogP contribution >= 0.6 is 0 Å². The highest BCUT2D eigenvalue weighted by Crippen LogP contribution is 2.33. The van der Waals surface area contributed by atoms with Crippen LogP contribution in [0, 0.1) is 0 Å². The monoisotopic (exact) mass is 547 g/mol. The van der Waals surface area contributed by atoms with Crippen LogP contribution in [0.5, 0.6) is 0 Å². The summed E-state index contributed by atoms with van der Waals surface area (Å²) in [5, 5.41) is 8.97. The Morgan fingerprint density at radius 2 is 1.68 bits per heavy atom. The Kier molecular flexibility index (Phi) is 7.82. The molecule has 1 amide bonds. The van der Waals surface area contributed by atoms with Gasteiger partial charge in [-0.05, 0) is 61.6 Å². The number of amides is 1. The van der Waals surface area contributed by atoms with Crippen molar-refractivity contribution in [3.05, 3.63) is 95.2 Å². The van der Waals surface area contributed by atoms with Gasteiger partial charge in [-0.15, -0.1) is 0 Å². The number of halogens is 3. The molecule has 1 aliphatic heterocycles. The van der Waals surface area contributed by atoms with Crippen molar-refractivity contribution in [2.45, 2.75) is 44.2 Å². The smallest absolute Gasteiger partial charge is 0.416 e. The summed E-state index contributed by atoms with van der Waals surface area (Å²) in [5.74, 6) is -0.696. The summed E-state index contributed by atoms with van der Waals surface area (Å²) in [4.78, 5) is 35.6. The summed E-state index contributed by atoms with van der Waals surface area (Å²) >= 11 is 0. The molecule has 1 aliphatic rings. The summed E-state index contributed by atoms with van der Waals surface area (Å²) in [5.41, 5.74) is 3.46. The minimum absolute atomic E-state index is 0.00901. The number of carbonyl (C=O) groups is 2. The van der Waals surface area contributed by atoms with E-state index in [-0.39, 0.29) is 18.2 Å². The fourth-order valence-corrected chi connectivity index (χ4v) is 5.14. The van der Waals surface area contributed by atoms with Gasteiger partial charge in [0.15, 0.2) is 0 Å². The summed E-state index contributed by atoms with van der Waals surface area (Å²) in [6, 6.07) is 20.0. The standard InChI is InChI=1S/C31H28F3N3O3/c32-31(33,34)24-13-10-21(11-14-24)29-26(8-4-5-9-28(38)39)35-27-18-22(12-15-25(27)36-29)30(40)37-17-16-23(19-37)20-6-2-1-3-7-20/h1-3,6-7,10-15,18,23H,4-5,8-9,16-17,19H2,(H,38,39). The van der Waals surface area contributed by atoms with E-state index in [1.165, 1.54) is 17.7 Å². The van der Waals surface area contributed by atoms with Crippen LogP contribution in [0.15, 0.2) is 72.8 Å². The molecular formula is C31H28F3N3O3. The van der Waals surface area contributed by atoms with Gasteiger partial charge in [0.1, 0.15) is 0 Å². The second kappa shape index (κ2) is 11.5. The van der Waals surface area contributed by atoms with Crippen molar-refractivity contribution in [2.24, 2.45) is 0 Å². The topological polar surface area (TPSA) is 83.4 Å². The number of rotatable bonds is 8. The van der Waals surface area contributed by atoms with Gasteiger partial charge in [0.05, 0.1) is 28.0 Å². The number of aromatic nitrogens is 2. The highest BCUT2D eigenvalue weighted by atomic mass is 19.4. The molecule has 1 atom stereocenters. The van der Waals surface area contributed by atoms with E-state index in [1.807, 2.05) is 23.1 Å². The number of unbranched alkanes of at least 4 members (excludes halogenated alkanes) is 1. The van der Waals surface area contributed by atoms with Crippen LogP contribution in [0.25, 0.3) is 22.3 Å². The number of carboxylic acids is 1. The molecule has 6 nitrogen and oxygen atoms in total. The lowest BCUT2D eigenvalue weighted by Crippen LogP contribution is -2.28. The summed E-state index contributed by atoms with van der Waals surface area (Å²) in [6.07, 6.45) is -2.21.